The number of thiocarbonyl (C=S) groups is 1. The molecule has 0 atom stereocenters. The van der Waals surface area contributed by atoms with Gasteiger partial charge >= 0.3 is 0 Å². The lowest BCUT2D eigenvalue weighted by atomic mass is 9.92. The van der Waals surface area contributed by atoms with E-state index in [4.69, 9.17) is 12.2 Å². The van der Waals surface area contributed by atoms with E-state index in [1.807, 2.05) is 0 Å². The number of rotatable bonds is 2. The lowest BCUT2D eigenvalue weighted by Crippen LogP contribution is -2.19. The minimum absolute atomic E-state index is 0.575. The van der Waals surface area contributed by atoms with Crippen LogP contribution in [0.25, 0.3) is 0 Å². The van der Waals surface area contributed by atoms with Crippen molar-refractivity contribution in [2.45, 2.75) is 40.0 Å². The summed E-state index contributed by atoms with van der Waals surface area (Å²) >= 11 is 5.44. The molecule has 0 spiro atoms. The molecule has 1 aromatic heterocycles. The maximum atomic E-state index is 5.44. The number of aromatic nitrogens is 1. The summed E-state index contributed by atoms with van der Waals surface area (Å²) in [6.07, 6.45) is 5.33. The van der Waals surface area contributed by atoms with Crippen LogP contribution in [0.2, 0.25) is 0 Å². The van der Waals surface area contributed by atoms with Gasteiger partial charge < -0.3 is 4.57 Å². The number of nitrogens with zero attached hydrogens (tertiary/aromatic N) is 1. The Morgan fingerprint density at radius 3 is 2.44 bits per heavy atom. The molecule has 2 heteroatoms. The van der Waals surface area contributed by atoms with Gasteiger partial charge in [0.05, 0.1) is 0 Å². The molecule has 86 valence electrons. The van der Waals surface area contributed by atoms with E-state index < -0.39 is 0 Å². The molecule has 2 heterocycles. The second kappa shape index (κ2) is 4.17. The van der Waals surface area contributed by atoms with E-state index in [9.17, 15) is 0 Å². The summed E-state index contributed by atoms with van der Waals surface area (Å²) in [6, 6.07) is 2.21. The first-order valence-corrected chi connectivity index (χ1v) is 6.36. The molecule has 0 aromatic carbocycles. The highest BCUT2D eigenvalue weighted by molar-refractivity contribution is 7.80. The number of fused-ring (bicyclic) bond motifs is 1. The minimum atomic E-state index is 0.575. The second-order valence-corrected chi connectivity index (χ2v) is 5.55. The van der Waals surface area contributed by atoms with Crippen molar-refractivity contribution in [3.63, 3.8) is 0 Å². The normalized spacial score (nSPS) is 15.6. The number of hydrogen-bond acceptors (Lipinski definition) is 1. The Hall–Kier alpha value is -0.890. The molecule has 1 nitrogen and oxygen atoms in total. The van der Waals surface area contributed by atoms with Crippen molar-refractivity contribution >= 4 is 17.2 Å². The first-order chi connectivity index (χ1) is 7.50. The topological polar surface area (TPSA) is 4.93 Å². The van der Waals surface area contributed by atoms with Crippen LogP contribution < -0.4 is 0 Å². The van der Waals surface area contributed by atoms with Crippen LogP contribution in [0.15, 0.2) is 23.9 Å². The van der Waals surface area contributed by atoms with Gasteiger partial charge in [-0.1, -0.05) is 45.5 Å². The summed E-state index contributed by atoms with van der Waals surface area (Å²) in [5, 5.41) is 0. The van der Waals surface area contributed by atoms with Crippen LogP contribution >= 0.6 is 12.2 Å². The average molecular weight is 233 g/mol. The smallest absolute Gasteiger partial charge is 0.110 e. The SMILES string of the molecule is CC(C)C1=CC(=S)n2ccc(C(C)C)c2C1. The fraction of sp³-hybridized carbons (Fsp3) is 0.500. The van der Waals surface area contributed by atoms with Gasteiger partial charge in [0, 0.05) is 18.3 Å². The van der Waals surface area contributed by atoms with E-state index in [0.717, 1.165) is 11.4 Å². The van der Waals surface area contributed by atoms with Crippen molar-refractivity contribution in [1.82, 2.24) is 4.57 Å². The molecule has 0 radical (unpaired) electrons. The highest BCUT2D eigenvalue weighted by Crippen LogP contribution is 2.28. The van der Waals surface area contributed by atoms with E-state index in [-0.39, 0.29) is 0 Å². The predicted octanol–water partition coefficient (Wildman–Crippen LogP) is 3.93. The summed E-state index contributed by atoms with van der Waals surface area (Å²) in [4.78, 5) is 0.942. The number of hydrogen-bond donors (Lipinski definition) is 0. The summed E-state index contributed by atoms with van der Waals surface area (Å²) in [5.74, 6) is 1.16. The van der Waals surface area contributed by atoms with Crippen LogP contribution in [-0.2, 0) is 6.42 Å². The van der Waals surface area contributed by atoms with Gasteiger partial charge in [0.25, 0.3) is 0 Å². The van der Waals surface area contributed by atoms with Crippen molar-refractivity contribution in [2.75, 3.05) is 0 Å². The Balaban J connectivity index is 2.44. The van der Waals surface area contributed by atoms with Gasteiger partial charge in [-0.15, -0.1) is 0 Å². The van der Waals surface area contributed by atoms with Crippen LogP contribution in [0.1, 0.15) is 44.9 Å². The zero-order valence-corrected chi connectivity index (χ0v) is 11.3. The average Bonchev–Trinajstić information content (AvgIpc) is 2.61. The van der Waals surface area contributed by atoms with E-state index in [2.05, 4.69) is 50.6 Å². The van der Waals surface area contributed by atoms with Crippen molar-refractivity contribution in [3.05, 3.63) is 35.2 Å². The molecule has 2 rings (SSSR count). The quantitative estimate of drug-likeness (QED) is 0.701. The molecule has 0 N–H and O–H groups in total. The van der Waals surface area contributed by atoms with Crippen LogP contribution in [0.5, 0.6) is 0 Å². The van der Waals surface area contributed by atoms with E-state index >= 15 is 0 Å². The molecule has 0 amide bonds. The van der Waals surface area contributed by atoms with Crippen LogP contribution in [-0.4, -0.2) is 9.56 Å². The van der Waals surface area contributed by atoms with Gasteiger partial charge in [-0.2, -0.15) is 0 Å². The van der Waals surface area contributed by atoms with E-state index in [0.29, 0.717) is 11.8 Å². The first kappa shape index (κ1) is 11.6. The largest absolute Gasteiger partial charge is 0.311 e. The van der Waals surface area contributed by atoms with Gasteiger partial charge in [0.15, 0.2) is 0 Å². The summed E-state index contributed by atoms with van der Waals surface area (Å²) in [6.45, 7) is 8.96. The fourth-order valence-corrected chi connectivity index (χ4v) is 2.57. The second-order valence-electron chi connectivity index (χ2n) is 5.13. The Labute approximate surface area is 103 Å². The highest BCUT2D eigenvalue weighted by atomic mass is 32.1. The highest BCUT2D eigenvalue weighted by Gasteiger charge is 2.20. The number of allylic oxidation sites excluding steroid dienone is 2. The van der Waals surface area contributed by atoms with Crippen LogP contribution in [0.3, 0.4) is 0 Å². The molecule has 0 unspecified atom stereocenters. The van der Waals surface area contributed by atoms with Gasteiger partial charge in [0.1, 0.15) is 4.99 Å². The standard InChI is InChI=1S/C14H19NS/c1-9(2)11-7-13-12(10(3)4)5-6-15(13)14(16)8-11/h5-6,8-10H,7H2,1-4H3. The molecule has 0 saturated heterocycles. The first-order valence-electron chi connectivity index (χ1n) is 5.95. The predicted molar refractivity (Wildman–Crippen MR) is 73.1 cm³/mol. The molecule has 16 heavy (non-hydrogen) atoms. The van der Waals surface area contributed by atoms with Crippen LogP contribution in [0, 0.1) is 5.92 Å². The third-order valence-electron chi connectivity index (χ3n) is 3.31. The van der Waals surface area contributed by atoms with Crippen molar-refractivity contribution < 1.29 is 0 Å². The molecular formula is C14H19NS. The maximum absolute atomic E-state index is 5.44. The Kier molecular flexibility index (Phi) is 3.02. The van der Waals surface area contributed by atoms with Gasteiger partial charge in [-0.3, -0.25) is 0 Å². The van der Waals surface area contributed by atoms with E-state index in [1.54, 1.807) is 0 Å². The van der Waals surface area contributed by atoms with Gasteiger partial charge in [-0.05, 0) is 29.5 Å². The van der Waals surface area contributed by atoms with Gasteiger partial charge in [0.2, 0.25) is 0 Å². The zero-order valence-electron chi connectivity index (χ0n) is 10.4. The van der Waals surface area contributed by atoms with Crippen molar-refractivity contribution in [1.29, 1.82) is 0 Å². The molecule has 1 aliphatic heterocycles. The summed E-state index contributed by atoms with van der Waals surface area (Å²) < 4.78 is 2.16. The summed E-state index contributed by atoms with van der Waals surface area (Å²) in [5.41, 5.74) is 4.29. The Morgan fingerprint density at radius 1 is 1.19 bits per heavy atom. The molecule has 1 aromatic rings. The molecule has 0 fully saturated rings. The van der Waals surface area contributed by atoms with Gasteiger partial charge in [-0.25, -0.2) is 0 Å². The van der Waals surface area contributed by atoms with E-state index in [1.165, 1.54) is 16.8 Å². The summed E-state index contributed by atoms with van der Waals surface area (Å²) in [7, 11) is 0. The lowest BCUT2D eigenvalue weighted by molar-refractivity contribution is 0.717. The Bertz CT molecular complexity index is 449. The third-order valence-corrected chi connectivity index (χ3v) is 3.62. The third kappa shape index (κ3) is 1.86. The lowest BCUT2D eigenvalue weighted by Gasteiger charge is -2.22. The van der Waals surface area contributed by atoms with Crippen molar-refractivity contribution in [2.24, 2.45) is 5.92 Å². The fourth-order valence-electron chi connectivity index (χ4n) is 2.24. The molecule has 0 saturated carbocycles. The Morgan fingerprint density at radius 2 is 1.88 bits per heavy atom. The van der Waals surface area contributed by atoms with Crippen LogP contribution in [0.4, 0.5) is 0 Å². The molecule has 1 aliphatic rings. The van der Waals surface area contributed by atoms with Crippen molar-refractivity contribution in [3.8, 4) is 0 Å². The monoisotopic (exact) mass is 233 g/mol. The minimum Gasteiger partial charge on any atom is -0.311 e. The maximum Gasteiger partial charge on any atom is 0.110 e. The zero-order chi connectivity index (χ0) is 11.9. The molecule has 0 aliphatic carbocycles. The molecule has 0 bridgehead atoms. The molecular weight excluding hydrogens is 214 g/mol.